The van der Waals surface area contributed by atoms with Crippen molar-refractivity contribution in [2.75, 3.05) is 27.4 Å². The predicted molar refractivity (Wildman–Crippen MR) is 39.6 cm³/mol. The molecule has 0 aromatic heterocycles. The second kappa shape index (κ2) is 16.0. The second-order valence-corrected chi connectivity index (χ2v) is 1.49. The molecule has 0 saturated carbocycles. The highest BCUT2D eigenvalue weighted by Crippen LogP contribution is 1.71. The van der Waals surface area contributed by atoms with Gasteiger partial charge in [-0.05, 0) is 0 Å². The van der Waals surface area contributed by atoms with E-state index in [4.69, 9.17) is 10.5 Å². The Morgan fingerprint density at radius 1 is 1.09 bits per heavy atom. The summed E-state index contributed by atoms with van der Waals surface area (Å²) in [6.07, 6.45) is 0.497. The first-order valence-corrected chi connectivity index (χ1v) is 3.05. The van der Waals surface area contributed by atoms with E-state index in [-0.39, 0.29) is 6.61 Å². The summed E-state index contributed by atoms with van der Waals surface area (Å²) < 4.78 is 8.89. The largest absolute Gasteiger partial charge is 0.384 e. The molecule has 0 saturated heterocycles. The van der Waals surface area contributed by atoms with Crippen molar-refractivity contribution in [2.24, 2.45) is 0 Å². The maximum atomic E-state index is 7.87. The van der Waals surface area contributed by atoms with Gasteiger partial charge in [-0.15, -0.1) is 0 Å². The molecule has 0 rings (SSSR count). The van der Waals surface area contributed by atoms with Gasteiger partial charge in [0.15, 0.2) is 0 Å². The highest BCUT2D eigenvalue weighted by molar-refractivity contribution is 4.66. The molecule has 62 valence electrons. The molecule has 0 aromatic carbocycles. The number of nitrogens with zero attached hydrogens (tertiary/aromatic N) is 2. The van der Waals surface area contributed by atoms with Crippen LogP contribution < -0.4 is 0 Å². The van der Waals surface area contributed by atoms with E-state index < -0.39 is 0 Å². The van der Waals surface area contributed by atoms with E-state index in [9.17, 15) is 0 Å². The van der Waals surface area contributed by atoms with E-state index in [0.29, 0.717) is 13.0 Å². The Hall–Kier alpha value is -1.10. The smallest absolute Gasteiger partial charge is 0.133 e. The van der Waals surface area contributed by atoms with Crippen molar-refractivity contribution >= 4 is 0 Å². The van der Waals surface area contributed by atoms with Gasteiger partial charge in [0.1, 0.15) is 6.61 Å². The highest BCUT2D eigenvalue weighted by atomic mass is 16.5. The molecule has 4 nitrogen and oxygen atoms in total. The molecule has 0 aromatic rings. The van der Waals surface area contributed by atoms with Gasteiger partial charge in [-0.25, -0.2) is 0 Å². The molecule has 0 amide bonds. The van der Waals surface area contributed by atoms with Crippen molar-refractivity contribution in [3.63, 3.8) is 0 Å². The van der Waals surface area contributed by atoms with Gasteiger partial charge >= 0.3 is 0 Å². The van der Waals surface area contributed by atoms with Gasteiger partial charge in [-0.3, -0.25) is 0 Å². The van der Waals surface area contributed by atoms with Crippen LogP contribution in [-0.2, 0) is 9.47 Å². The Labute approximate surface area is 66.9 Å². The molecule has 0 aliphatic heterocycles. The number of hydrogen-bond donors (Lipinski definition) is 0. The summed E-state index contributed by atoms with van der Waals surface area (Å²) in [6.45, 7) is 0.747. The van der Waals surface area contributed by atoms with Gasteiger partial charge in [-0.2, -0.15) is 10.5 Å². The summed E-state index contributed by atoms with van der Waals surface area (Å²) in [5.74, 6) is 0. The van der Waals surface area contributed by atoms with E-state index >= 15 is 0 Å². The van der Waals surface area contributed by atoms with Gasteiger partial charge < -0.3 is 9.47 Å². The molecule has 0 bridgehead atoms. The minimum Gasteiger partial charge on any atom is -0.384 e. The average molecular weight is 156 g/mol. The van der Waals surface area contributed by atoms with Crippen molar-refractivity contribution < 1.29 is 9.47 Å². The summed E-state index contributed by atoms with van der Waals surface area (Å²) in [4.78, 5) is 0. The summed E-state index contributed by atoms with van der Waals surface area (Å²) >= 11 is 0. The molecule has 11 heavy (non-hydrogen) atoms. The van der Waals surface area contributed by atoms with Gasteiger partial charge in [0.25, 0.3) is 0 Å². The van der Waals surface area contributed by atoms with E-state index in [1.54, 1.807) is 13.2 Å². The van der Waals surface area contributed by atoms with Crippen LogP contribution in [0.1, 0.15) is 6.42 Å². The summed E-state index contributed by atoms with van der Waals surface area (Å²) in [6, 6.07) is 3.74. The summed E-state index contributed by atoms with van der Waals surface area (Å²) in [5.41, 5.74) is 0. The lowest BCUT2D eigenvalue weighted by Crippen LogP contribution is -1.82. The van der Waals surface area contributed by atoms with E-state index in [2.05, 4.69) is 9.47 Å². The monoisotopic (exact) mass is 156 g/mol. The van der Waals surface area contributed by atoms with Crippen molar-refractivity contribution in [3.05, 3.63) is 0 Å². The fourth-order valence-corrected chi connectivity index (χ4v) is 0.212. The molecule has 0 N–H and O–H groups in total. The molecular formula is C7H12N2O2. The quantitative estimate of drug-likeness (QED) is 0.564. The minimum atomic E-state index is 0.194. The number of methoxy groups -OCH3 is 2. The zero-order chi connectivity index (χ0) is 8.95. The third kappa shape index (κ3) is 27.9. The molecular weight excluding hydrogens is 144 g/mol. The van der Waals surface area contributed by atoms with Crippen molar-refractivity contribution in [2.45, 2.75) is 6.42 Å². The molecule has 0 spiro atoms. The van der Waals surface area contributed by atoms with E-state index in [1.807, 2.05) is 6.07 Å². The van der Waals surface area contributed by atoms with Crippen molar-refractivity contribution in [3.8, 4) is 12.1 Å². The zero-order valence-corrected chi connectivity index (χ0v) is 6.83. The molecule has 0 fully saturated rings. The standard InChI is InChI=1S/C4H7NO.C3H5NO/c1-6-4-2-3-5;1-5-3-2-4/h2,4H2,1H3;3H2,1H3. The van der Waals surface area contributed by atoms with Gasteiger partial charge in [0.2, 0.25) is 0 Å². The molecule has 0 aliphatic rings. The van der Waals surface area contributed by atoms with E-state index in [1.165, 1.54) is 7.11 Å². The van der Waals surface area contributed by atoms with Crippen LogP contribution >= 0.6 is 0 Å². The van der Waals surface area contributed by atoms with Crippen LogP contribution in [0.2, 0.25) is 0 Å². The SMILES string of the molecule is COCC#N.COCCC#N. The lowest BCUT2D eigenvalue weighted by Gasteiger charge is -1.82. The zero-order valence-electron chi connectivity index (χ0n) is 6.83. The molecule has 0 unspecified atom stereocenters. The van der Waals surface area contributed by atoms with Crippen LogP contribution in [-0.4, -0.2) is 27.4 Å². The Kier molecular flexibility index (Phi) is 18.2. The normalized spacial score (nSPS) is 6.91. The number of rotatable bonds is 3. The fraction of sp³-hybridized carbons (Fsp3) is 0.714. The van der Waals surface area contributed by atoms with E-state index in [0.717, 1.165) is 0 Å². The first-order chi connectivity index (χ1) is 5.33. The minimum absolute atomic E-state index is 0.194. The van der Waals surface area contributed by atoms with Crippen LogP contribution in [0.3, 0.4) is 0 Å². The second-order valence-electron chi connectivity index (χ2n) is 1.49. The first-order valence-electron chi connectivity index (χ1n) is 3.05. The van der Waals surface area contributed by atoms with Gasteiger partial charge in [0, 0.05) is 14.2 Å². The van der Waals surface area contributed by atoms with Gasteiger partial charge in [-0.1, -0.05) is 0 Å². The van der Waals surface area contributed by atoms with Crippen molar-refractivity contribution in [1.82, 2.24) is 0 Å². The lowest BCUT2D eigenvalue weighted by atomic mass is 10.5. The molecule has 0 aliphatic carbocycles. The Morgan fingerprint density at radius 3 is 1.82 bits per heavy atom. The average Bonchev–Trinajstić information content (AvgIpc) is 2.04. The third-order valence-electron chi connectivity index (χ3n) is 0.627. The number of hydrogen-bond acceptors (Lipinski definition) is 4. The topological polar surface area (TPSA) is 66.0 Å². The Bertz CT molecular complexity index is 134. The lowest BCUT2D eigenvalue weighted by molar-refractivity contribution is 0.205. The summed E-state index contributed by atoms with van der Waals surface area (Å²) in [7, 11) is 3.07. The highest BCUT2D eigenvalue weighted by Gasteiger charge is 1.73. The maximum Gasteiger partial charge on any atom is 0.133 e. The Balaban J connectivity index is 0. The van der Waals surface area contributed by atoms with Crippen LogP contribution in [0.4, 0.5) is 0 Å². The molecule has 0 atom stereocenters. The van der Waals surface area contributed by atoms with Gasteiger partial charge in [0.05, 0.1) is 25.2 Å². The molecule has 0 heterocycles. The fourth-order valence-electron chi connectivity index (χ4n) is 0.212. The maximum absolute atomic E-state index is 7.87. The Morgan fingerprint density at radius 2 is 1.73 bits per heavy atom. The van der Waals surface area contributed by atoms with Crippen molar-refractivity contribution in [1.29, 1.82) is 10.5 Å². The van der Waals surface area contributed by atoms with Crippen LogP contribution in [0.5, 0.6) is 0 Å². The first kappa shape index (κ1) is 12.6. The summed E-state index contributed by atoms with van der Waals surface area (Å²) in [5, 5.41) is 15.6. The molecule has 0 radical (unpaired) electrons. The number of ether oxygens (including phenoxy) is 2. The predicted octanol–water partition coefficient (Wildman–Crippen LogP) is 0.703. The van der Waals surface area contributed by atoms with Crippen LogP contribution in [0.15, 0.2) is 0 Å². The number of nitriles is 2. The molecule has 4 heteroatoms. The van der Waals surface area contributed by atoms with Crippen LogP contribution in [0.25, 0.3) is 0 Å². The van der Waals surface area contributed by atoms with Crippen LogP contribution in [0, 0.1) is 22.7 Å². The third-order valence-corrected chi connectivity index (χ3v) is 0.627.